The Labute approximate surface area is 113 Å². The molecule has 1 aromatic heterocycles. The molecule has 0 spiro atoms. The highest BCUT2D eigenvalue weighted by Gasteiger charge is 2.23. The molecule has 6 nitrogen and oxygen atoms in total. The first kappa shape index (κ1) is 16.9. The lowest BCUT2D eigenvalue weighted by Gasteiger charge is -2.11. The fourth-order valence-electron chi connectivity index (χ4n) is 1.22. The van der Waals surface area contributed by atoms with E-state index in [1.807, 2.05) is 20.8 Å². The molecule has 0 bridgehead atoms. The molecule has 7 heteroatoms. The van der Waals surface area contributed by atoms with E-state index in [0.717, 1.165) is 0 Å². The fourth-order valence-corrected chi connectivity index (χ4v) is 1.22. The van der Waals surface area contributed by atoms with Crippen LogP contribution in [0.4, 0.5) is 0 Å². The van der Waals surface area contributed by atoms with Crippen LogP contribution in [-0.2, 0) is 10.2 Å². The molecule has 1 rings (SSSR count). The first-order chi connectivity index (χ1) is 7.84. The molecule has 0 fully saturated rings. The number of amides is 1. The number of carbonyl (C=O) groups excluding carboxylic acids is 1. The highest BCUT2D eigenvalue weighted by Crippen LogP contribution is 2.20. The Morgan fingerprint density at radius 3 is 2.56 bits per heavy atom. The van der Waals surface area contributed by atoms with Crippen molar-refractivity contribution in [2.24, 2.45) is 5.73 Å². The van der Waals surface area contributed by atoms with Crippen LogP contribution in [0, 0.1) is 0 Å². The molecule has 1 atom stereocenters. The number of nitrogens with one attached hydrogen (secondary N) is 1. The number of aromatic nitrogens is 2. The summed E-state index contributed by atoms with van der Waals surface area (Å²) in [4.78, 5) is 15.6. The van der Waals surface area contributed by atoms with Gasteiger partial charge in [0.2, 0.25) is 11.8 Å². The minimum Gasteiger partial charge on any atom is -0.345 e. The summed E-state index contributed by atoms with van der Waals surface area (Å²) in [6.07, 6.45) is 0.296. The van der Waals surface area contributed by atoms with Gasteiger partial charge in [0, 0.05) is 18.4 Å². The van der Waals surface area contributed by atoms with Gasteiger partial charge < -0.3 is 15.6 Å². The molecule has 0 aromatic carbocycles. The van der Waals surface area contributed by atoms with Gasteiger partial charge in [-0.05, 0) is 6.92 Å². The van der Waals surface area contributed by atoms with E-state index in [4.69, 9.17) is 10.3 Å². The Bertz CT molecular complexity index is 387. The minimum atomic E-state index is -0.294. The van der Waals surface area contributed by atoms with Crippen molar-refractivity contribution in [2.45, 2.75) is 45.6 Å². The molecule has 1 aromatic rings. The first-order valence-corrected chi connectivity index (χ1v) is 5.68. The standard InChI is InChI=1S/C11H20N4O2.ClH/c1-7(13-8(16)5-6-12)9-14-10(15-17-9)11(2,3)4;/h7H,5-6,12H2,1-4H3,(H,13,16);1H. The van der Waals surface area contributed by atoms with Gasteiger partial charge in [0.1, 0.15) is 6.04 Å². The molecule has 1 amide bonds. The Morgan fingerprint density at radius 1 is 1.50 bits per heavy atom. The largest absolute Gasteiger partial charge is 0.345 e. The number of nitrogens with two attached hydrogens (primary N) is 1. The average molecular weight is 277 g/mol. The SMILES string of the molecule is CC(NC(=O)CCN)c1nc(C(C)(C)C)no1.Cl. The third-order valence-corrected chi connectivity index (χ3v) is 2.23. The van der Waals surface area contributed by atoms with Crippen LogP contribution in [-0.4, -0.2) is 22.6 Å². The first-order valence-electron chi connectivity index (χ1n) is 5.68. The number of hydrogen-bond acceptors (Lipinski definition) is 5. The van der Waals surface area contributed by atoms with Crippen molar-refractivity contribution in [1.82, 2.24) is 15.5 Å². The zero-order valence-electron chi connectivity index (χ0n) is 11.2. The highest BCUT2D eigenvalue weighted by molar-refractivity contribution is 5.85. The van der Waals surface area contributed by atoms with E-state index in [1.165, 1.54) is 0 Å². The van der Waals surface area contributed by atoms with Crippen LogP contribution in [0.25, 0.3) is 0 Å². The van der Waals surface area contributed by atoms with Crippen molar-refractivity contribution in [3.05, 3.63) is 11.7 Å². The summed E-state index contributed by atoms with van der Waals surface area (Å²) in [5.41, 5.74) is 5.13. The third kappa shape index (κ3) is 4.62. The predicted octanol–water partition coefficient (Wildman–Crippen LogP) is 1.31. The van der Waals surface area contributed by atoms with Crippen molar-refractivity contribution >= 4 is 18.3 Å². The summed E-state index contributed by atoms with van der Waals surface area (Å²) >= 11 is 0. The van der Waals surface area contributed by atoms with Gasteiger partial charge >= 0.3 is 0 Å². The molecule has 3 N–H and O–H groups in total. The summed E-state index contributed by atoms with van der Waals surface area (Å²) in [5.74, 6) is 0.934. The van der Waals surface area contributed by atoms with Gasteiger partial charge in [-0.1, -0.05) is 25.9 Å². The quantitative estimate of drug-likeness (QED) is 0.865. The molecule has 18 heavy (non-hydrogen) atoms. The van der Waals surface area contributed by atoms with Crippen LogP contribution >= 0.6 is 12.4 Å². The summed E-state index contributed by atoms with van der Waals surface area (Å²) < 4.78 is 5.12. The van der Waals surface area contributed by atoms with Crippen LogP contribution < -0.4 is 11.1 Å². The van der Waals surface area contributed by atoms with Crippen molar-refractivity contribution < 1.29 is 9.32 Å². The molecule has 104 valence electrons. The van der Waals surface area contributed by atoms with Crippen molar-refractivity contribution in [3.8, 4) is 0 Å². The van der Waals surface area contributed by atoms with Crippen LogP contribution in [0.3, 0.4) is 0 Å². The maximum absolute atomic E-state index is 11.3. The zero-order chi connectivity index (χ0) is 13.1. The fraction of sp³-hybridized carbons (Fsp3) is 0.727. The summed E-state index contributed by atoms with van der Waals surface area (Å²) in [6.45, 7) is 8.13. The van der Waals surface area contributed by atoms with E-state index in [9.17, 15) is 4.79 Å². The topological polar surface area (TPSA) is 94.0 Å². The lowest BCUT2D eigenvalue weighted by molar-refractivity contribution is -0.121. The lowest BCUT2D eigenvalue weighted by Crippen LogP contribution is -2.28. The average Bonchev–Trinajstić information content (AvgIpc) is 2.65. The summed E-state index contributed by atoms with van der Waals surface area (Å²) in [6, 6.07) is -0.294. The summed E-state index contributed by atoms with van der Waals surface area (Å²) in [7, 11) is 0. The zero-order valence-corrected chi connectivity index (χ0v) is 12.0. The molecule has 0 saturated heterocycles. The van der Waals surface area contributed by atoms with E-state index in [-0.39, 0.29) is 29.8 Å². The maximum Gasteiger partial charge on any atom is 0.248 e. The maximum atomic E-state index is 11.3. The molecule has 0 saturated carbocycles. The van der Waals surface area contributed by atoms with Gasteiger partial charge in [0.05, 0.1) is 0 Å². The molecule has 0 radical (unpaired) electrons. The third-order valence-electron chi connectivity index (χ3n) is 2.23. The van der Waals surface area contributed by atoms with Gasteiger partial charge in [-0.25, -0.2) is 0 Å². The number of rotatable bonds is 4. The number of halogens is 1. The van der Waals surface area contributed by atoms with E-state index >= 15 is 0 Å². The molecule has 1 unspecified atom stereocenters. The number of carbonyl (C=O) groups is 1. The Balaban J connectivity index is 0.00000289. The van der Waals surface area contributed by atoms with E-state index < -0.39 is 0 Å². The smallest absolute Gasteiger partial charge is 0.248 e. The van der Waals surface area contributed by atoms with Gasteiger partial charge in [-0.3, -0.25) is 4.79 Å². The minimum absolute atomic E-state index is 0. The summed E-state index contributed by atoms with van der Waals surface area (Å²) in [5, 5.41) is 6.65. The van der Waals surface area contributed by atoms with Crippen molar-refractivity contribution in [1.29, 1.82) is 0 Å². The Kier molecular flexibility index (Phi) is 6.28. The van der Waals surface area contributed by atoms with Crippen LogP contribution in [0.5, 0.6) is 0 Å². The van der Waals surface area contributed by atoms with Crippen molar-refractivity contribution in [2.75, 3.05) is 6.54 Å². The number of hydrogen-bond donors (Lipinski definition) is 2. The molecule has 1 heterocycles. The second-order valence-corrected chi connectivity index (χ2v) is 5.03. The van der Waals surface area contributed by atoms with E-state index in [2.05, 4.69) is 15.5 Å². The van der Waals surface area contributed by atoms with Crippen LogP contribution in [0.15, 0.2) is 4.52 Å². The van der Waals surface area contributed by atoms with Gasteiger partial charge in [0.25, 0.3) is 0 Å². The Hall–Kier alpha value is -1.14. The molecule has 0 aliphatic rings. The predicted molar refractivity (Wildman–Crippen MR) is 70.5 cm³/mol. The monoisotopic (exact) mass is 276 g/mol. The van der Waals surface area contributed by atoms with Gasteiger partial charge in [-0.15, -0.1) is 12.4 Å². The molecular formula is C11H21ClN4O2. The van der Waals surface area contributed by atoms with E-state index in [0.29, 0.717) is 24.7 Å². The van der Waals surface area contributed by atoms with Crippen LogP contribution in [0.1, 0.15) is 51.9 Å². The highest BCUT2D eigenvalue weighted by atomic mass is 35.5. The normalized spacial score (nSPS) is 12.7. The molecule has 0 aliphatic heterocycles. The Morgan fingerprint density at radius 2 is 2.11 bits per heavy atom. The van der Waals surface area contributed by atoms with Gasteiger partial charge in [-0.2, -0.15) is 4.98 Å². The van der Waals surface area contributed by atoms with Crippen LogP contribution in [0.2, 0.25) is 0 Å². The molecular weight excluding hydrogens is 256 g/mol. The lowest BCUT2D eigenvalue weighted by atomic mass is 9.96. The second-order valence-electron chi connectivity index (χ2n) is 5.03. The second kappa shape index (κ2) is 6.70. The van der Waals surface area contributed by atoms with E-state index in [1.54, 1.807) is 6.92 Å². The number of nitrogens with zero attached hydrogens (tertiary/aromatic N) is 2. The molecule has 0 aliphatic carbocycles. The van der Waals surface area contributed by atoms with Crippen molar-refractivity contribution in [3.63, 3.8) is 0 Å². The van der Waals surface area contributed by atoms with Gasteiger partial charge in [0.15, 0.2) is 5.82 Å².